The van der Waals surface area contributed by atoms with Gasteiger partial charge in [-0.15, -0.1) is 0 Å². The highest BCUT2D eigenvalue weighted by Gasteiger charge is 2.35. The van der Waals surface area contributed by atoms with Gasteiger partial charge in [-0.3, -0.25) is 13.9 Å². The first-order valence-corrected chi connectivity index (χ1v) is 8.37. The summed E-state index contributed by atoms with van der Waals surface area (Å²) in [7, 11) is 3.96. The molecule has 6 heteroatoms. The number of pyridine rings is 1. The lowest BCUT2D eigenvalue weighted by Crippen LogP contribution is -2.43. The van der Waals surface area contributed by atoms with E-state index in [0.717, 1.165) is 17.3 Å². The third-order valence-corrected chi connectivity index (χ3v) is 5.10. The smallest absolute Gasteiger partial charge is 0.282 e. The molecule has 0 spiro atoms. The Morgan fingerprint density at radius 1 is 1.16 bits per heavy atom. The fourth-order valence-corrected chi connectivity index (χ4v) is 3.74. The first kappa shape index (κ1) is 12.6. The fourth-order valence-electron chi connectivity index (χ4n) is 3.74. The maximum absolute atomic E-state index is 7.74. The lowest BCUT2D eigenvalue weighted by atomic mass is 10.3. The minimum Gasteiger partial charge on any atom is -0.299 e. The van der Waals surface area contributed by atoms with Crippen LogP contribution in [-0.2, 0) is 14.1 Å². The number of nitrogens with zero attached hydrogens (tertiary/aromatic N) is 6. The summed E-state index contributed by atoms with van der Waals surface area (Å²) < 4.78 is 29.2. The molecule has 0 amide bonds. The second kappa shape index (κ2) is 5.37. The van der Waals surface area contributed by atoms with Crippen molar-refractivity contribution >= 4 is 17.4 Å². The van der Waals surface area contributed by atoms with Gasteiger partial charge in [0.1, 0.15) is 12.0 Å². The molecule has 4 rings (SSSR count). The molecule has 0 radical (unpaired) electrons. The maximum Gasteiger partial charge on any atom is 0.282 e. The number of aryl methyl sites for hydroxylation is 5. The predicted molar refractivity (Wildman–Crippen MR) is 99.6 cm³/mol. The molecule has 0 bridgehead atoms. The van der Waals surface area contributed by atoms with E-state index in [1.165, 1.54) is 0 Å². The summed E-state index contributed by atoms with van der Waals surface area (Å²) >= 11 is 0. The lowest BCUT2D eigenvalue weighted by molar-refractivity contribution is -0.658. The standard InChI is InChI=1S/C19H25N6/c1-13-14(2)25-15(3)18(22(6)19(25)20-13)24-12-11-23(16(24)4)17-9-7-8-10-21(17)5/h7-12,16H,1-6H3/q+1/t16-/m0/s1/i1D3. The van der Waals surface area contributed by atoms with Crippen molar-refractivity contribution in [2.75, 3.05) is 9.80 Å². The number of imidazole rings is 2. The zero-order valence-electron chi connectivity index (χ0n) is 18.2. The van der Waals surface area contributed by atoms with Gasteiger partial charge in [0.2, 0.25) is 5.78 Å². The van der Waals surface area contributed by atoms with E-state index in [1.54, 1.807) is 0 Å². The van der Waals surface area contributed by atoms with Crippen LogP contribution >= 0.6 is 0 Å². The maximum atomic E-state index is 7.74. The molecule has 4 heterocycles. The van der Waals surface area contributed by atoms with E-state index >= 15 is 0 Å². The molecule has 0 unspecified atom stereocenters. The Morgan fingerprint density at radius 3 is 2.60 bits per heavy atom. The van der Waals surface area contributed by atoms with Crippen LogP contribution in [0.15, 0.2) is 36.8 Å². The van der Waals surface area contributed by atoms with Gasteiger partial charge in [-0.05, 0) is 33.7 Å². The topological polar surface area (TPSA) is 32.6 Å². The Bertz CT molecular complexity index is 1090. The van der Waals surface area contributed by atoms with Gasteiger partial charge in [0.05, 0.1) is 24.6 Å². The van der Waals surface area contributed by atoms with E-state index in [-0.39, 0.29) is 11.9 Å². The van der Waals surface area contributed by atoms with Gasteiger partial charge in [0.15, 0.2) is 6.17 Å². The normalized spacial score (nSPS) is 19.6. The van der Waals surface area contributed by atoms with Crippen LogP contribution in [0.2, 0.25) is 0 Å². The van der Waals surface area contributed by atoms with Crippen LogP contribution in [0.3, 0.4) is 0 Å². The van der Waals surface area contributed by atoms with Gasteiger partial charge in [-0.1, -0.05) is 6.07 Å². The monoisotopic (exact) mass is 340 g/mol. The number of hydrogen-bond acceptors (Lipinski definition) is 3. The summed E-state index contributed by atoms with van der Waals surface area (Å²) in [5, 5.41) is 0. The van der Waals surface area contributed by atoms with E-state index < -0.39 is 6.85 Å². The van der Waals surface area contributed by atoms with Crippen LogP contribution in [0.25, 0.3) is 5.78 Å². The minimum atomic E-state index is -2.22. The third kappa shape index (κ3) is 2.10. The Kier molecular flexibility index (Phi) is 2.70. The first-order chi connectivity index (χ1) is 13.1. The zero-order chi connectivity index (χ0) is 20.4. The fraction of sp³-hybridized carbons (Fsp3) is 0.368. The molecule has 0 aromatic carbocycles. The Morgan fingerprint density at radius 2 is 1.92 bits per heavy atom. The molecule has 25 heavy (non-hydrogen) atoms. The van der Waals surface area contributed by atoms with Crippen molar-refractivity contribution in [3.05, 3.63) is 53.9 Å². The summed E-state index contributed by atoms with van der Waals surface area (Å²) in [6, 6.07) is 6.12. The van der Waals surface area contributed by atoms with Crippen LogP contribution in [0.5, 0.6) is 0 Å². The van der Waals surface area contributed by atoms with Gasteiger partial charge in [-0.2, -0.15) is 0 Å². The van der Waals surface area contributed by atoms with Crippen molar-refractivity contribution in [1.29, 1.82) is 0 Å². The molecule has 3 aromatic rings. The molecule has 0 fully saturated rings. The van der Waals surface area contributed by atoms with Crippen molar-refractivity contribution < 1.29 is 8.68 Å². The number of hydrogen-bond donors (Lipinski definition) is 0. The van der Waals surface area contributed by atoms with Crippen LogP contribution in [-0.4, -0.2) is 20.1 Å². The summed E-state index contributed by atoms with van der Waals surface area (Å²) in [6.07, 6.45) is 6.21. The second-order valence-corrected chi connectivity index (χ2v) is 6.56. The number of anilines is 2. The number of aromatic nitrogens is 4. The van der Waals surface area contributed by atoms with Crippen LogP contribution < -0.4 is 14.4 Å². The lowest BCUT2D eigenvalue weighted by Gasteiger charge is -2.25. The second-order valence-electron chi connectivity index (χ2n) is 6.56. The summed E-state index contributed by atoms with van der Waals surface area (Å²) in [5.74, 6) is 2.72. The highest BCUT2D eigenvalue weighted by Crippen LogP contribution is 2.32. The molecular formula is C19H25N6+. The molecule has 6 nitrogen and oxygen atoms in total. The van der Waals surface area contributed by atoms with Gasteiger partial charge in [0, 0.05) is 29.1 Å². The minimum absolute atomic E-state index is 0.0630. The third-order valence-electron chi connectivity index (χ3n) is 5.10. The molecule has 1 atom stereocenters. The molecule has 1 aliphatic rings. The quantitative estimate of drug-likeness (QED) is 0.672. The van der Waals surface area contributed by atoms with Gasteiger partial charge >= 0.3 is 0 Å². The highest BCUT2D eigenvalue weighted by atomic mass is 15.4. The molecular weight excluding hydrogens is 312 g/mol. The SMILES string of the molecule is [2H]C([2H])([2H])c1nc2n(C)c(N3C=CN(c4cccc[n+]4C)[C@@H]3C)c(C)n2c1C. The zero-order valence-corrected chi connectivity index (χ0v) is 15.2. The van der Waals surface area contributed by atoms with Crippen LogP contribution in [0, 0.1) is 20.7 Å². The highest BCUT2D eigenvalue weighted by molar-refractivity contribution is 5.62. The molecule has 1 aliphatic heterocycles. The first-order valence-electron chi connectivity index (χ1n) is 9.87. The molecule has 0 aliphatic carbocycles. The average molecular weight is 340 g/mol. The van der Waals surface area contributed by atoms with Crippen LogP contribution in [0.4, 0.5) is 11.6 Å². The van der Waals surface area contributed by atoms with Gasteiger partial charge in [-0.25, -0.2) is 14.5 Å². The van der Waals surface area contributed by atoms with Gasteiger partial charge < -0.3 is 0 Å². The molecule has 0 saturated carbocycles. The Hall–Kier alpha value is -2.76. The summed E-state index contributed by atoms with van der Waals surface area (Å²) in [5.41, 5.74) is 1.79. The number of rotatable bonds is 2. The van der Waals surface area contributed by atoms with Crippen molar-refractivity contribution in [3.63, 3.8) is 0 Å². The average Bonchev–Trinajstić information content (AvgIpc) is 3.23. The largest absolute Gasteiger partial charge is 0.299 e. The molecule has 0 saturated heterocycles. The van der Waals surface area contributed by atoms with Gasteiger partial charge in [0.25, 0.3) is 5.82 Å². The molecule has 3 aromatic heterocycles. The molecule has 130 valence electrons. The van der Waals surface area contributed by atoms with Crippen molar-refractivity contribution in [3.8, 4) is 0 Å². The van der Waals surface area contributed by atoms with Crippen LogP contribution in [0.1, 0.15) is 28.1 Å². The van der Waals surface area contributed by atoms with E-state index in [0.29, 0.717) is 11.5 Å². The van der Waals surface area contributed by atoms with E-state index in [2.05, 4.69) is 44.7 Å². The Balaban J connectivity index is 1.79. The van der Waals surface area contributed by atoms with E-state index in [9.17, 15) is 0 Å². The number of fused-ring (bicyclic) bond motifs is 1. The van der Waals surface area contributed by atoms with Crippen molar-refractivity contribution in [1.82, 2.24) is 14.0 Å². The van der Waals surface area contributed by atoms with Crippen molar-refractivity contribution in [2.45, 2.75) is 33.8 Å². The Labute approximate surface area is 152 Å². The predicted octanol–water partition coefficient (Wildman–Crippen LogP) is 2.57. The summed E-state index contributed by atoms with van der Waals surface area (Å²) in [4.78, 5) is 8.84. The van der Waals surface area contributed by atoms with Crippen molar-refractivity contribution in [2.24, 2.45) is 14.1 Å². The summed E-state index contributed by atoms with van der Waals surface area (Å²) in [6.45, 7) is 3.75. The van der Waals surface area contributed by atoms with E-state index in [1.807, 2.05) is 55.2 Å². The molecule has 0 N–H and O–H groups in total. The van der Waals surface area contributed by atoms with E-state index in [4.69, 9.17) is 4.11 Å².